The molecule has 0 saturated carbocycles. The van der Waals surface area contributed by atoms with Gasteiger partial charge in [-0.05, 0) is 48.9 Å². The van der Waals surface area contributed by atoms with E-state index in [2.05, 4.69) is 5.32 Å². The van der Waals surface area contributed by atoms with Crippen molar-refractivity contribution in [1.82, 2.24) is 4.57 Å². The third-order valence-electron chi connectivity index (χ3n) is 3.99. The van der Waals surface area contributed by atoms with Gasteiger partial charge in [0.25, 0.3) is 0 Å². The van der Waals surface area contributed by atoms with Crippen molar-refractivity contribution >= 4 is 11.6 Å². The number of carbonyl (C=O) groups is 1. The molecule has 1 amide bonds. The molecular formula is C21H22N2O2. The minimum atomic E-state index is -0.302. The van der Waals surface area contributed by atoms with Crippen LogP contribution in [0.15, 0.2) is 79.1 Å². The molecule has 0 bridgehead atoms. The van der Waals surface area contributed by atoms with Gasteiger partial charge in [-0.1, -0.05) is 30.3 Å². The Morgan fingerprint density at radius 1 is 1.00 bits per heavy atom. The second-order valence-corrected chi connectivity index (χ2v) is 5.78. The van der Waals surface area contributed by atoms with Crippen LogP contribution in [0.25, 0.3) is 0 Å². The summed E-state index contributed by atoms with van der Waals surface area (Å²) >= 11 is 0. The first-order valence-corrected chi connectivity index (χ1v) is 8.46. The molecule has 0 fully saturated rings. The molecule has 4 heteroatoms. The van der Waals surface area contributed by atoms with E-state index in [-0.39, 0.29) is 11.9 Å². The Morgan fingerprint density at radius 3 is 2.32 bits per heavy atom. The van der Waals surface area contributed by atoms with Gasteiger partial charge in [0.05, 0.1) is 6.61 Å². The van der Waals surface area contributed by atoms with Crippen LogP contribution < -0.4 is 10.1 Å². The van der Waals surface area contributed by atoms with Crippen LogP contribution in [0.5, 0.6) is 5.75 Å². The smallest absolute Gasteiger partial charge is 0.247 e. The zero-order valence-electron chi connectivity index (χ0n) is 14.3. The second kappa shape index (κ2) is 8.20. The predicted molar refractivity (Wildman–Crippen MR) is 99.9 cm³/mol. The van der Waals surface area contributed by atoms with Gasteiger partial charge in [-0.3, -0.25) is 4.79 Å². The molecule has 0 radical (unpaired) electrons. The summed E-state index contributed by atoms with van der Waals surface area (Å²) in [7, 11) is 0. The number of carbonyl (C=O) groups excluding carboxylic acids is 1. The van der Waals surface area contributed by atoms with Crippen molar-refractivity contribution in [2.45, 2.75) is 19.4 Å². The summed E-state index contributed by atoms with van der Waals surface area (Å²) in [6, 6.07) is 21.1. The van der Waals surface area contributed by atoms with Crippen LogP contribution in [0.2, 0.25) is 0 Å². The number of nitrogens with one attached hydrogen (secondary N) is 1. The zero-order valence-corrected chi connectivity index (χ0v) is 14.3. The maximum absolute atomic E-state index is 12.9. The summed E-state index contributed by atoms with van der Waals surface area (Å²) < 4.78 is 7.38. The normalized spacial score (nSPS) is 11.7. The maximum Gasteiger partial charge on any atom is 0.247 e. The van der Waals surface area contributed by atoms with Crippen LogP contribution >= 0.6 is 0 Å². The average Bonchev–Trinajstić information content (AvgIpc) is 3.17. The lowest BCUT2D eigenvalue weighted by atomic mass is 10.0. The summed E-state index contributed by atoms with van der Waals surface area (Å²) in [6.07, 6.45) is 4.48. The summed E-state index contributed by atoms with van der Waals surface area (Å²) in [4.78, 5) is 12.9. The van der Waals surface area contributed by atoms with Crippen molar-refractivity contribution in [1.29, 1.82) is 0 Å². The quantitative estimate of drug-likeness (QED) is 0.700. The molecule has 1 heterocycles. The number of nitrogens with zero attached hydrogens (tertiary/aromatic N) is 1. The highest BCUT2D eigenvalue weighted by Crippen LogP contribution is 2.20. The van der Waals surface area contributed by atoms with E-state index < -0.39 is 0 Å². The van der Waals surface area contributed by atoms with Crippen molar-refractivity contribution in [2.75, 3.05) is 11.9 Å². The number of hydrogen-bond donors (Lipinski definition) is 1. The molecule has 4 nitrogen and oxygen atoms in total. The molecule has 0 aliphatic rings. The van der Waals surface area contributed by atoms with Crippen molar-refractivity contribution in [3.8, 4) is 5.75 Å². The van der Waals surface area contributed by atoms with Gasteiger partial charge >= 0.3 is 0 Å². The van der Waals surface area contributed by atoms with Crippen LogP contribution in [0.4, 0.5) is 5.69 Å². The van der Waals surface area contributed by atoms with E-state index in [9.17, 15) is 4.79 Å². The largest absolute Gasteiger partial charge is 0.494 e. The molecule has 0 aliphatic carbocycles. The first kappa shape index (κ1) is 16.8. The molecule has 1 N–H and O–H groups in total. The fourth-order valence-electron chi connectivity index (χ4n) is 2.75. The molecule has 25 heavy (non-hydrogen) atoms. The number of hydrogen-bond acceptors (Lipinski definition) is 2. The van der Waals surface area contributed by atoms with E-state index in [0.29, 0.717) is 13.0 Å². The minimum absolute atomic E-state index is 0.0378. The Kier molecular flexibility index (Phi) is 5.52. The molecule has 1 atom stereocenters. The highest BCUT2D eigenvalue weighted by molar-refractivity contribution is 5.94. The van der Waals surface area contributed by atoms with E-state index in [1.165, 1.54) is 0 Å². The Labute approximate surface area is 148 Å². The van der Waals surface area contributed by atoms with Crippen molar-refractivity contribution in [3.63, 3.8) is 0 Å². The lowest BCUT2D eigenvalue weighted by molar-refractivity contribution is -0.119. The van der Waals surface area contributed by atoms with Crippen LogP contribution in [0.1, 0.15) is 18.5 Å². The predicted octanol–water partition coefficient (Wildman–Crippen LogP) is 4.31. The third-order valence-corrected chi connectivity index (χ3v) is 3.99. The summed E-state index contributed by atoms with van der Waals surface area (Å²) in [5.74, 6) is 0.760. The number of aromatic nitrogens is 1. The monoisotopic (exact) mass is 334 g/mol. The van der Waals surface area contributed by atoms with Gasteiger partial charge in [0.2, 0.25) is 5.91 Å². The molecule has 0 unspecified atom stereocenters. The van der Waals surface area contributed by atoms with E-state index in [1.807, 2.05) is 90.6 Å². The van der Waals surface area contributed by atoms with E-state index >= 15 is 0 Å². The molecule has 3 rings (SSSR count). The van der Waals surface area contributed by atoms with Gasteiger partial charge in [0.1, 0.15) is 11.8 Å². The standard InChI is InChI=1S/C21H22N2O2/c1-2-25-19-12-10-18(11-13-19)22-21(24)20(23-14-6-7-15-23)16-17-8-4-3-5-9-17/h3-15,20H,2,16H2,1H3,(H,22,24)/t20-/m0/s1. The highest BCUT2D eigenvalue weighted by Gasteiger charge is 2.20. The van der Waals surface area contributed by atoms with Gasteiger partial charge in [-0.25, -0.2) is 0 Å². The fraction of sp³-hybridized carbons (Fsp3) is 0.190. The van der Waals surface area contributed by atoms with E-state index in [0.717, 1.165) is 17.0 Å². The first-order chi connectivity index (χ1) is 12.3. The van der Waals surface area contributed by atoms with Crippen LogP contribution in [-0.4, -0.2) is 17.1 Å². The Balaban J connectivity index is 1.75. The Bertz CT molecular complexity index is 781. The molecule has 3 aromatic rings. The van der Waals surface area contributed by atoms with Gasteiger partial charge < -0.3 is 14.6 Å². The molecule has 0 spiro atoms. The van der Waals surface area contributed by atoms with Crippen molar-refractivity contribution in [2.24, 2.45) is 0 Å². The van der Waals surface area contributed by atoms with Gasteiger partial charge in [0.15, 0.2) is 0 Å². The number of benzene rings is 2. The molecule has 0 aliphatic heterocycles. The molecular weight excluding hydrogens is 312 g/mol. The molecule has 128 valence electrons. The van der Waals surface area contributed by atoms with Crippen molar-refractivity contribution in [3.05, 3.63) is 84.7 Å². The lowest BCUT2D eigenvalue weighted by Crippen LogP contribution is -2.27. The van der Waals surface area contributed by atoms with Crippen LogP contribution in [0, 0.1) is 0 Å². The topological polar surface area (TPSA) is 43.3 Å². The number of anilines is 1. The summed E-state index contributed by atoms with van der Waals surface area (Å²) in [5, 5.41) is 3.00. The Morgan fingerprint density at radius 2 is 1.68 bits per heavy atom. The summed E-state index contributed by atoms with van der Waals surface area (Å²) in [6.45, 7) is 2.57. The number of ether oxygens (including phenoxy) is 1. The fourth-order valence-corrected chi connectivity index (χ4v) is 2.75. The molecule has 0 saturated heterocycles. The first-order valence-electron chi connectivity index (χ1n) is 8.46. The number of amides is 1. The minimum Gasteiger partial charge on any atom is -0.494 e. The molecule has 2 aromatic carbocycles. The van der Waals surface area contributed by atoms with Crippen LogP contribution in [0.3, 0.4) is 0 Å². The highest BCUT2D eigenvalue weighted by atomic mass is 16.5. The third kappa shape index (κ3) is 4.51. The SMILES string of the molecule is CCOc1ccc(NC(=O)[C@H](Cc2ccccc2)n2cccc2)cc1. The zero-order chi connectivity index (χ0) is 17.5. The molecule has 1 aromatic heterocycles. The van der Waals surface area contributed by atoms with Crippen molar-refractivity contribution < 1.29 is 9.53 Å². The Hall–Kier alpha value is -3.01. The lowest BCUT2D eigenvalue weighted by Gasteiger charge is -2.19. The van der Waals surface area contributed by atoms with Crippen LogP contribution in [-0.2, 0) is 11.2 Å². The van der Waals surface area contributed by atoms with E-state index in [1.54, 1.807) is 0 Å². The average molecular weight is 334 g/mol. The van der Waals surface area contributed by atoms with E-state index in [4.69, 9.17) is 4.74 Å². The van der Waals surface area contributed by atoms with Gasteiger partial charge in [-0.2, -0.15) is 0 Å². The van der Waals surface area contributed by atoms with Gasteiger partial charge in [0, 0.05) is 24.5 Å². The maximum atomic E-state index is 12.9. The second-order valence-electron chi connectivity index (χ2n) is 5.78. The number of rotatable bonds is 7. The summed E-state index contributed by atoms with van der Waals surface area (Å²) in [5.41, 5.74) is 1.89. The van der Waals surface area contributed by atoms with Gasteiger partial charge in [-0.15, -0.1) is 0 Å².